The summed E-state index contributed by atoms with van der Waals surface area (Å²) in [5.74, 6) is -0.311. The number of Topliss-reactive ketones (excluding diaryl/α,β-unsaturated/α-hetero) is 1. The molecule has 0 aliphatic rings. The van der Waals surface area contributed by atoms with Gasteiger partial charge in [0.25, 0.3) is 10.0 Å². The number of rotatable bonds is 7. The number of nitrogens with zero attached hydrogens (tertiary/aromatic N) is 1. The fourth-order valence-corrected chi connectivity index (χ4v) is 4.25. The second-order valence-electron chi connectivity index (χ2n) is 6.76. The highest BCUT2D eigenvalue weighted by molar-refractivity contribution is 7.92. The van der Waals surface area contributed by atoms with Gasteiger partial charge in [-0.05, 0) is 43.7 Å². The Labute approximate surface area is 179 Å². The summed E-state index contributed by atoms with van der Waals surface area (Å²) < 4.78 is 39.2. The molecule has 1 heterocycles. The number of methoxy groups -OCH3 is 1. The van der Waals surface area contributed by atoms with E-state index < -0.39 is 10.0 Å². The topological polar surface area (TPSA) is 128 Å². The Morgan fingerprint density at radius 3 is 2.48 bits per heavy atom. The fraction of sp³-hybridized carbons (Fsp3) is 0.190. The van der Waals surface area contributed by atoms with Crippen LogP contribution in [0.25, 0.3) is 11.1 Å². The molecule has 0 spiro atoms. The van der Waals surface area contributed by atoms with Gasteiger partial charge in [0, 0.05) is 18.2 Å². The maximum Gasteiger partial charge on any atom is 0.265 e. The van der Waals surface area contributed by atoms with Gasteiger partial charge in [-0.1, -0.05) is 23.4 Å². The lowest BCUT2D eigenvalue weighted by Crippen LogP contribution is -2.14. The summed E-state index contributed by atoms with van der Waals surface area (Å²) in [6.45, 7) is 4.40. The molecule has 162 valence electrons. The fourth-order valence-electron chi connectivity index (χ4n) is 3.01. The zero-order chi connectivity index (χ0) is 22.8. The Morgan fingerprint density at radius 1 is 1.10 bits per heavy atom. The third kappa shape index (κ3) is 4.75. The van der Waals surface area contributed by atoms with Crippen molar-refractivity contribution >= 4 is 33.3 Å². The summed E-state index contributed by atoms with van der Waals surface area (Å²) in [5, 5.41) is 6.40. The minimum Gasteiger partial charge on any atom is -0.495 e. The van der Waals surface area contributed by atoms with E-state index in [0.29, 0.717) is 22.4 Å². The van der Waals surface area contributed by atoms with Crippen LogP contribution >= 0.6 is 0 Å². The Balaban J connectivity index is 2.07. The predicted molar refractivity (Wildman–Crippen MR) is 115 cm³/mol. The van der Waals surface area contributed by atoms with Gasteiger partial charge in [0.15, 0.2) is 5.78 Å². The second kappa shape index (κ2) is 8.60. The van der Waals surface area contributed by atoms with E-state index in [2.05, 4.69) is 15.2 Å². The van der Waals surface area contributed by atoms with E-state index in [0.717, 1.165) is 0 Å². The molecule has 3 aromatic rings. The molecular formula is C21H21N3O6S. The van der Waals surface area contributed by atoms with Gasteiger partial charge in [-0.2, -0.15) is 0 Å². The van der Waals surface area contributed by atoms with E-state index in [1.807, 2.05) is 0 Å². The molecule has 2 aromatic carbocycles. The zero-order valence-electron chi connectivity index (χ0n) is 17.3. The van der Waals surface area contributed by atoms with Gasteiger partial charge in [-0.25, -0.2) is 8.42 Å². The molecule has 10 heteroatoms. The number of carbonyl (C=O) groups excluding carboxylic acids is 2. The molecule has 0 saturated heterocycles. The lowest BCUT2D eigenvalue weighted by Gasteiger charge is -2.14. The highest BCUT2D eigenvalue weighted by atomic mass is 32.2. The maximum atomic E-state index is 13.1. The van der Waals surface area contributed by atoms with Crippen molar-refractivity contribution in [1.82, 2.24) is 5.16 Å². The summed E-state index contributed by atoms with van der Waals surface area (Å²) in [6.07, 6.45) is 0. The molecule has 0 unspecified atom stereocenters. The number of amides is 1. The first kappa shape index (κ1) is 22.0. The molecule has 3 rings (SSSR count). The molecule has 0 saturated carbocycles. The molecule has 0 aliphatic heterocycles. The van der Waals surface area contributed by atoms with E-state index in [1.165, 1.54) is 39.2 Å². The molecule has 31 heavy (non-hydrogen) atoms. The molecular weight excluding hydrogens is 422 g/mol. The Bertz CT molecular complexity index is 1260. The summed E-state index contributed by atoms with van der Waals surface area (Å²) in [6, 6.07) is 10.7. The SMILES string of the molecule is COc1ccc(-c2c(C)noc2NC(C)=O)cc1S(=O)(=O)Nc1cccc(C(C)=O)c1. The van der Waals surface area contributed by atoms with Crippen LogP contribution in [0.4, 0.5) is 11.6 Å². The van der Waals surface area contributed by atoms with Crippen molar-refractivity contribution in [3.63, 3.8) is 0 Å². The van der Waals surface area contributed by atoms with Crippen LogP contribution in [-0.4, -0.2) is 32.4 Å². The van der Waals surface area contributed by atoms with Crippen molar-refractivity contribution in [2.24, 2.45) is 0 Å². The maximum absolute atomic E-state index is 13.1. The van der Waals surface area contributed by atoms with Gasteiger partial charge < -0.3 is 9.26 Å². The lowest BCUT2D eigenvalue weighted by atomic mass is 10.1. The van der Waals surface area contributed by atoms with Crippen molar-refractivity contribution in [3.05, 3.63) is 53.7 Å². The van der Waals surface area contributed by atoms with Crippen LogP contribution in [0.15, 0.2) is 51.9 Å². The van der Waals surface area contributed by atoms with Crippen molar-refractivity contribution in [2.75, 3.05) is 17.1 Å². The summed E-state index contributed by atoms with van der Waals surface area (Å²) >= 11 is 0. The Morgan fingerprint density at radius 2 is 1.84 bits per heavy atom. The molecule has 0 fully saturated rings. The first-order chi connectivity index (χ1) is 14.6. The first-order valence-corrected chi connectivity index (χ1v) is 10.7. The molecule has 0 bridgehead atoms. The minimum absolute atomic E-state index is 0.112. The van der Waals surface area contributed by atoms with E-state index in [4.69, 9.17) is 9.26 Å². The molecule has 0 radical (unpaired) electrons. The zero-order valence-corrected chi connectivity index (χ0v) is 18.2. The number of ketones is 1. The molecule has 9 nitrogen and oxygen atoms in total. The second-order valence-corrected chi connectivity index (χ2v) is 8.41. The van der Waals surface area contributed by atoms with Crippen LogP contribution < -0.4 is 14.8 Å². The standard InChI is InChI=1S/C21H21N3O6S/c1-12-20(21(30-23-12)22-14(3)26)16-8-9-18(29-4)19(11-16)31(27,28)24-17-7-5-6-15(10-17)13(2)25/h5-11,24H,1-4H3,(H,22,26). The number of anilines is 2. The van der Waals surface area contributed by atoms with Crippen LogP contribution in [0.3, 0.4) is 0 Å². The number of sulfonamides is 1. The number of ether oxygens (including phenoxy) is 1. The normalized spacial score (nSPS) is 11.1. The number of carbonyl (C=O) groups is 2. The van der Waals surface area contributed by atoms with Crippen LogP contribution in [0, 0.1) is 6.92 Å². The lowest BCUT2D eigenvalue weighted by molar-refractivity contribution is -0.114. The average Bonchev–Trinajstić information content (AvgIpc) is 3.06. The first-order valence-electron chi connectivity index (χ1n) is 9.18. The predicted octanol–water partition coefficient (Wildman–Crippen LogP) is 3.62. The smallest absolute Gasteiger partial charge is 0.265 e. The number of benzene rings is 2. The number of nitrogens with one attached hydrogen (secondary N) is 2. The highest BCUT2D eigenvalue weighted by Gasteiger charge is 2.24. The van der Waals surface area contributed by atoms with E-state index >= 15 is 0 Å². The number of hydrogen-bond donors (Lipinski definition) is 2. The monoisotopic (exact) mass is 443 g/mol. The molecule has 2 N–H and O–H groups in total. The van der Waals surface area contributed by atoms with Crippen LogP contribution in [0.2, 0.25) is 0 Å². The third-order valence-electron chi connectivity index (χ3n) is 4.42. The molecule has 0 atom stereocenters. The average molecular weight is 443 g/mol. The number of hydrogen-bond acceptors (Lipinski definition) is 7. The summed E-state index contributed by atoms with van der Waals surface area (Å²) in [7, 11) is -2.73. The van der Waals surface area contributed by atoms with E-state index in [-0.39, 0.29) is 33.9 Å². The van der Waals surface area contributed by atoms with Crippen molar-refractivity contribution in [1.29, 1.82) is 0 Å². The van der Waals surface area contributed by atoms with Gasteiger partial charge in [0.05, 0.1) is 18.4 Å². The highest BCUT2D eigenvalue weighted by Crippen LogP contribution is 2.36. The van der Waals surface area contributed by atoms with Gasteiger partial charge in [0.1, 0.15) is 10.6 Å². The number of aryl methyl sites for hydroxylation is 1. The van der Waals surface area contributed by atoms with Gasteiger partial charge in [0.2, 0.25) is 11.8 Å². The van der Waals surface area contributed by atoms with E-state index in [1.54, 1.807) is 31.2 Å². The van der Waals surface area contributed by atoms with Crippen molar-refractivity contribution < 1.29 is 27.3 Å². The number of aromatic nitrogens is 1. The Hall–Kier alpha value is -3.66. The van der Waals surface area contributed by atoms with Crippen molar-refractivity contribution in [3.8, 4) is 16.9 Å². The summed E-state index contributed by atoms with van der Waals surface area (Å²) in [5.41, 5.74) is 2.00. The van der Waals surface area contributed by atoms with Gasteiger partial charge in [-0.3, -0.25) is 19.6 Å². The summed E-state index contributed by atoms with van der Waals surface area (Å²) in [4.78, 5) is 22.9. The van der Waals surface area contributed by atoms with Crippen LogP contribution in [0.1, 0.15) is 29.9 Å². The molecule has 1 aromatic heterocycles. The van der Waals surface area contributed by atoms with Crippen LogP contribution in [0.5, 0.6) is 5.75 Å². The quantitative estimate of drug-likeness (QED) is 0.534. The van der Waals surface area contributed by atoms with Gasteiger partial charge >= 0.3 is 0 Å². The van der Waals surface area contributed by atoms with E-state index in [9.17, 15) is 18.0 Å². The Kier molecular flexibility index (Phi) is 6.11. The third-order valence-corrected chi connectivity index (χ3v) is 5.82. The minimum atomic E-state index is -4.09. The largest absolute Gasteiger partial charge is 0.495 e. The molecule has 1 amide bonds. The molecule has 0 aliphatic carbocycles. The van der Waals surface area contributed by atoms with Gasteiger partial charge in [-0.15, -0.1) is 0 Å². The van der Waals surface area contributed by atoms with Crippen LogP contribution in [-0.2, 0) is 14.8 Å². The van der Waals surface area contributed by atoms with Crippen molar-refractivity contribution in [2.45, 2.75) is 25.7 Å².